The Balaban J connectivity index is 1.54. The van der Waals surface area contributed by atoms with Crippen molar-refractivity contribution >= 4 is 22.7 Å². The Hall–Kier alpha value is -3.09. The minimum Gasteiger partial charge on any atom is -0.497 e. The van der Waals surface area contributed by atoms with Crippen LogP contribution in [-0.2, 0) is 11.2 Å². The molecule has 1 unspecified atom stereocenters. The summed E-state index contributed by atoms with van der Waals surface area (Å²) < 4.78 is 29.4. The topological polar surface area (TPSA) is 73.6 Å². The molecule has 7 heteroatoms. The van der Waals surface area contributed by atoms with Gasteiger partial charge in [0.25, 0.3) is 0 Å². The number of carbonyl (C=O) groups is 1. The van der Waals surface area contributed by atoms with Gasteiger partial charge in [-0.1, -0.05) is 5.16 Å². The van der Waals surface area contributed by atoms with E-state index in [-0.39, 0.29) is 24.2 Å². The Morgan fingerprint density at radius 1 is 1.32 bits per heavy atom. The lowest BCUT2D eigenvalue weighted by Crippen LogP contribution is -2.32. The Morgan fingerprint density at radius 3 is 3.04 bits per heavy atom. The van der Waals surface area contributed by atoms with Crippen molar-refractivity contribution < 1.29 is 23.2 Å². The highest BCUT2D eigenvalue weighted by Gasteiger charge is 2.27. The number of carbonyl (C=O) groups excluding carboxylic acids is 1. The van der Waals surface area contributed by atoms with Crippen molar-refractivity contribution in [2.45, 2.75) is 6.42 Å². The molecule has 0 aliphatic carbocycles. The molecule has 0 fully saturated rings. The van der Waals surface area contributed by atoms with Crippen LogP contribution >= 0.6 is 0 Å². The molecule has 1 aliphatic heterocycles. The molecule has 1 atom stereocenters. The summed E-state index contributed by atoms with van der Waals surface area (Å²) in [6.45, 7) is 0.259. The number of amides is 1. The molecule has 0 saturated heterocycles. The first kappa shape index (κ1) is 15.4. The lowest BCUT2D eigenvalue weighted by molar-refractivity contribution is -0.121. The standard InChI is InChI=1S/C18H15FN2O4/c1-23-13-3-5-15-10(7-13)6-11(9-24-15)18(22)20-17-14-8-12(19)2-4-16(14)25-21-17/h2-5,7-8,11H,6,9H2,1H3,(H,20,21,22). The molecule has 25 heavy (non-hydrogen) atoms. The first-order valence-corrected chi connectivity index (χ1v) is 7.79. The molecule has 3 aromatic rings. The van der Waals surface area contributed by atoms with Crippen molar-refractivity contribution in [1.29, 1.82) is 0 Å². The van der Waals surface area contributed by atoms with E-state index in [0.717, 1.165) is 11.3 Å². The van der Waals surface area contributed by atoms with Crippen LogP contribution in [0.5, 0.6) is 11.5 Å². The molecule has 2 heterocycles. The molecule has 4 rings (SSSR count). The number of nitrogens with zero attached hydrogens (tertiary/aromatic N) is 1. The number of nitrogens with one attached hydrogen (secondary N) is 1. The number of hydrogen-bond acceptors (Lipinski definition) is 5. The highest BCUT2D eigenvalue weighted by Crippen LogP contribution is 2.31. The summed E-state index contributed by atoms with van der Waals surface area (Å²) >= 11 is 0. The predicted molar refractivity (Wildman–Crippen MR) is 88.3 cm³/mol. The van der Waals surface area contributed by atoms with Crippen molar-refractivity contribution in [3.63, 3.8) is 0 Å². The third-order valence-electron chi connectivity index (χ3n) is 4.22. The van der Waals surface area contributed by atoms with Crippen molar-refractivity contribution in [2.75, 3.05) is 19.0 Å². The van der Waals surface area contributed by atoms with E-state index in [4.69, 9.17) is 14.0 Å². The van der Waals surface area contributed by atoms with Gasteiger partial charge in [0.05, 0.1) is 18.4 Å². The molecule has 1 aliphatic rings. The smallest absolute Gasteiger partial charge is 0.232 e. The van der Waals surface area contributed by atoms with Crippen molar-refractivity contribution in [3.8, 4) is 11.5 Å². The van der Waals surface area contributed by atoms with Crippen LogP contribution in [0.25, 0.3) is 11.0 Å². The number of benzene rings is 2. The average Bonchev–Trinajstić information content (AvgIpc) is 3.02. The fraction of sp³-hybridized carbons (Fsp3) is 0.222. The van der Waals surface area contributed by atoms with E-state index >= 15 is 0 Å². The molecule has 0 spiro atoms. The highest BCUT2D eigenvalue weighted by molar-refractivity contribution is 6.00. The van der Waals surface area contributed by atoms with E-state index in [1.165, 1.54) is 18.2 Å². The molecule has 2 aromatic carbocycles. The van der Waals surface area contributed by atoms with E-state index < -0.39 is 5.82 Å². The van der Waals surface area contributed by atoms with Crippen LogP contribution in [0.1, 0.15) is 5.56 Å². The zero-order valence-corrected chi connectivity index (χ0v) is 13.4. The van der Waals surface area contributed by atoms with E-state index in [2.05, 4.69) is 10.5 Å². The number of ether oxygens (including phenoxy) is 2. The maximum atomic E-state index is 13.4. The number of methoxy groups -OCH3 is 1. The SMILES string of the molecule is COc1ccc2c(c1)CC(C(=O)Nc1noc3ccc(F)cc13)CO2. The molecular formula is C18H15FN2O4. The van der Waals surface area contributed by atoms with Crippen LogP contribution in [0, 0.1) is 11.7 Å². The second-order valence-electron chi connectivity index (χ2n) is 5.85. The maximum absolute atomic E-state index is 13.4. The highest BCUT2D eigenvalue weighted by atomic mass is 19.1. The number of hydrogen-bond donors (Lipinski definition) is 1. The molecular weight excluding hydrogens is 327 g/mol. The predicted octanol–water partition coefficient (Wildman–Crippen LogP) is 3.17. The van der Waals surface area contributed by atoms with Crippen LogP contribution in [0.2, 0.25) is 0 Å². The van der Waals surface area contributed by atoms with Crippen molar-refractivity contribution in [1.82, 2.24) is 5.16 Å². The summed E-state index contributed by atoms with van der Waals surface area (Å²) in [5, 5.41) is 6.93. The minimum atomic E-state index is -0.423. The Morgan fingerprint density at radius 2 is 2.20 bits per heavy atom. The van der Waals surface area contributed by atoms with Crippen LogP contribution in [0.15, 0.2) is 40.9 Å². The van der Waals surface area contributed by atoms with Crippen molar-refractivity contribution in [3.05, 3.63) is 47.8 Å². The van der Waals surface area contributed by atoms with Gasteiger partial charge in [-0.25, -0.2) is 4.39 Å². The monoisotopic (exact) mass is 342 g/mol. The summed E-state index contributed by atoms with van der Waals surface area (Å²) in [5.41, 5.74) is 1.31. The van der Waals surface area contributed by atoms with E-state index in [9.17, 15) is 9.18 Å². The van der Waals surface area contributed by atoms with Crippen LogP contribution in [0.4, 0.5) is 10.2 Å². The zero-order chi connectivity index (χ0) is 17.4. The summed E-state index contributed by atoms with van der Waals surface area (Å²) in [6.07, 6.45) is 0.516. The summed E-state index contributed by atoms with van der Waals surface area (Å²) in [6, 6.07) is 9.53. The normalized spacial score (nSPS) is 16.2. The third kappa shape index (κ3) is 2.88. The third-order valence-corrected chi connectivity index (χ3v) is 4.22. The van der Waals surface area contributed by atoms with Gasteiger partial charge in [0.1, 0.15) is 23.9 Å². The zero-order valence-electron chi connectivity index (χ0n) is 13.4. The first-order chi connectivity index (χ1) is 12.1. The average molecular weight is 342 g/mol. The van der Waals surface area contributed by atoms with Crippen LogP contribution < -0.4 is 14.8 Å². The summed E-state index contributed by atoms with van der Waals surface area (Å²) in [7, 11) is 1.59. The van der Waals surface area contributed by atoms with E-state index in [1.54, 1.807) is 7.11 Å². The molecule has 6 nitrogen and oxygen atoms in total. The van der Waals surface area contributed by atoms with Crippen LogP contribution in [0.3, 0.4) is 0 Å². The van der Waals surface area contributed by atoms with Gasteiger partial charge in [-0.05, 0) is 48.4 Å². The number of halogens is 1. The Labute approximate surface area is 142 Å². The molecule has 1 amide bonds. The molecule has 0 radical (unpaired) electrons. The molecule has 1 N–H and O–H groups in total. The van der Waals surface area contributed by atoms with Gasteiger partial charge in [-0.3, -0.25) is 4.79 Å². The van der Waals surface area contributed by atoms with Gasteiger partial charge in [0, 0.05) is 0 Å². The maximum Gasteiger partial charge on any atom is 0.232 e. The number of rotatable bonds is 3. The Kier molecular flexibility index (Phi) is 3.76. The van der Waals surface area contributed by atoms with Gasteiger partial charge in [0.2, 0.25) is 5.91 Å². The number of aromatic nitrogens is 1. The second kappa shape index (κ2) is 6.08. The molecule has 0 bridgehead atoms. The Bertz CT molecular complexity index is 953. The summed E-state index contributed by atoms with van der Waals surface area (Å²) in [4.78, 5) is 12.6. The van der Waals surface area contributed by atoms with Gasteiger partial charge in [-0.15, -0.1) is 0 Å². The number of anilines is 1. The molecule has 128 valence electrons. The van der Waals surface area contributed by atoms with Gasteiger partial charge >= 0.3 is 0 Å². The second-order valence-corrected chi connectivity index (χ2v) is 5.85. The van der Waals surface area contributed by atoms with E-state index in [1.807, 2.05) is 18.2 Å². The lowest BCUT2D eigenvalue weighted by Gasteiger charge is -2.24. The minimum absolute atomic E-state index is 0.205. The quantitative estimate of drug-likeness (QED) is 0.791. The van der Waals surface area contributed by atoms with Gasteiger partial charge < -0.3 is 19.3 Å². The molecule has 1 aromatic heterocycles. The van der Waals surface area contributed by atoms with Crippen molar-refractivity contribution in [2.24, 2.45) is 5.92 Å². The van der Waals surface area contributed by atoms with Gasteiger partial charge in [-0.2, -0.15) is 0 Å². The lowest BCUT2D eigenvalue weighted by atomic mass is 9.96. The largest absolute Gasteiger partial charge is 0.497 e. The fourth-order valence-electron chi connectivity index (χ4n) is 2.89. The first-order valence-electron chi connectivity index (χ1n) is 7.79. The van der Waals surface area contributed by atoms with Crippen LogP contribution in [-0.4, -0.2) is 24.8 Å². The summed E-state index contributed by atoms with van der Waals surface area (Å²) in [5.74, 6) is 0.595. The number of fused-ring (bicyclic) bond motifs is 2. The van der Waals surface area contributed by atoms with Gasteiger partial charge in [0.15, 0.2) is 11.4 Å². The molecule has 0 saturated carbocycles. The fourth-order valence-corrected chi connectivity index (χ4v) is 2.89. The van der Waals surface area contributed by atoms with E-state index in [0.29, 0.717) is 23.1 Å².